The molecule has 0 bridgehead atoms. The van der Waals surface area contributed by atoms with E-state index in [1.807, 2.05) is 26.0 Å². The first kappa shape index (κ1) is 10.1. The van der Waals surface area contributed by atoms with Gasteiger partial charge in [-0.3, -0.25) is 0 Å². The summed E-state index contributed by atoms with van der Waals surface area (Å²) >= 11 is 0. The molecule has 0 spiro atoms. The Morgan fingerprint density at radius 3 is 2.08 bits per heavy atom. The molecular formula is C10H19N3. The van der Waals surface area contributed by atoms with Crippen molar-refractivity contribution in [3.8, 4) is 0 Å². The first-order chi connectivity index (χ1) is 5.82. The van der Waals surface area contributed by atoms with E-state index in [0.717, 1.165) is 11.6 Å². The van der Waals surface area contributed by atoms with Crippen molar-refractivity contribution in [2.24, 2.45) is 7.05 Å². The van der Waals surface area contributed by atoms with Gasteiger partial charge in [0.1, 0.15) is 11.6 Å². The predicted molar refractivity (Wildman–Crippen MR) is 56.2 cm³/mol. The zero-order valence-electron chi connectivity index (χ0n) is 9.42. The summed E-state index contributed by atoms with van der Waals surface area (Å²) in [6.07, 6.45) is 2.06. The first-order valence-electron chi connectivity index (χ1n) is 4.53. The molecule has 0 aromatic carbocycles. The third-order valence-corrected chi connectivity index (χ3v) is 1.99. The molecule has 0 saturated heterocycles. The maximum absolute atomic E-state index is 4.57. The van der Waals surface area contributed by atoms with Gasteiger partial charge >= 0.3 is 0 Å². The van der Waals surface area contributed by atoms with Crippen molar-refractivity contribution in [1.82, 2.24) is 9.55 Å². The Hall–Kier alpha value is -0.990. The Kier molecular flexibility index (Phi) is 2.37. The number of imidazole rings is 1. The van der Waals surface area contributed by atoms with Crippen LogP contribution in [0.1, 0.15) is 26.6 Å². The van der Waals surface area contributed by atoms with Crippen LogP contribution in [-0.2, 0) is 12.5 Å². The molecule has 0 amide bonds. The highest BCUT2D eigenvalue weighted by Gasteiger charge is 2.20. The fourth-order valence-electron chi connectivity index (χ4n) is 1.36. The van der Waals surface area contributed by atoms with Gasteiger partial charge in [-0.15, -0.1) is 0 Å². The number of hydrogen-bond donors (Lipinski definition) is 0. The van der Waals surface area contributed by atoms with E-state index in [-0.39, 0.29) is 5.41 Å². The molecule has 0 aliphatic carbocycles. The monoisotopic (exact) mass is 181 g/mol. The number of nitrogens with zero attached hydrogens (tertiary/aromatic N) is 3. The van der Waals surface area contributed by atoms with Gasteiger partial charge in [-0.05, 0) is 0 Å². The summed E-state index contributed by atoms with van der Waals surface area (Å²) in [4.78, 5) is 6.59. The molecule has 0 aliphatic heterocycles. The summed E-state index contributed by atoms with van der Waals surface area (Å²) in [5.74, 6) is 2.14. The standard InChI is InChI=1S/C10H19N3/c1-10(2,3)9-11-8(12(4)5)7-13(9)6/h7H,1-6H3. The Labute approximate surface area is 80.4 Å². The lowest BCUT2D eigenvalue weighted by atomic mass is 9.96. The third-order valence-electron chi connectivity index (χ3n) is 1.99. The molecule has 0 saturated carbocycles. The Balaban J connectivity index is 3.11. The lowest BCUT2D eigenvalue weighted by Gasteiger charge is -2.17. The molecule has 3 nitrogen and oxygen atoms in total. The van der Waals surface area contributed by atoms with Crippen molar-refractivity contribution >= 4 is 5.82 Å². The minimum absolute atomic E-state index is 0.114. The minimum atomic E-state index is 0.114. The Morgan fingerprint density at radius 2 is 1.85 bits per heavy atom. The molecule has 0 unspecified atom stereocenters. The number of rotatable bonds is 1. The molecule has 0 N–H and O–H groups in total. The van der Waals surface area contributed by atoms with Crippen LogP contribution in [0.3, 0.4) is 0 Å². The van der Waals surface area contributed by atoms with Gasteiger partial charge in [0.05, 0.1) is 0 Å². The highest BCUT2D eigenvalue weighted by atomic mass is 15.2. The summed E-state index contributed by atoms with van der Waals surface area (Å²) in [6, 6.07) is 0. The van der Waals surface area contributed by atoms with Gasteiger partial charge in [-0.2, -0.15) is 0 Å². The molecule has 1 heterocycles. The van der Waals surface area contributed by atoms with Crippen LogP contribution in [0.15, 0.2) is 6.20 Å². The smallest absolute Gasteiger partial charge is 0.146 e. The summed E-state index contributed by atoms with van der Waals surface area (Å²) in [6.45, 7) is 6.53. The largest absolute Gasteiger partial charge is 0.361 e. The molecule has 0 atom stereocenters. The summed E-state index contributed by atoms with van der Waals surface area (Å²) in [5, 5.41) is 0. The molecule has 0 fully saturated rings. The van der Waals surface area contributed by atoms with Gasteiger partial charge in [0.25, 0.3) is 0 Å². The van der Waals surface area contributed by atoms with Crippen LogP contribution in [0.5, 0.6) is 0 Å². The van der Waals surface area contributed by atoms with Crippen LogP contribution in [0.4, 0.5) is 5.82 Å². The second kappa shape index (κ2) is 3.05. The van der Waals surface area contributed by atoms with Crippen molar-refractivity contribution in [2.75, 3.05) is 19.0 Å². The van der Waals surface area contributed by atoms with Crippen molar-refractivity contribution < 1.29 is 0 Å². The Morgan fingerprint density at radius 1 is 1.31 bits per heavy atom. The maximum atomic E-state index is 4.57. The zero-order valence-corrected chi connectivity index (χ0v) is 9.42. The van der Waals surface area contributed by atoms with Crippen molar-refractivity contribution in [1.29, 1.82) is 0 Å². The van der Waals surface area contributed by atoms with Crippen LogP contribution in [0, 0.1) is 0 Å². The van der Waals surface area contributed by atoms with Crippen molar-refractivity contribution in [3.63, 3.8) is 0 Å². The van der Waals surface area contributed by atoms with Crippen LogP contribution >= 0.6 is 0 Å². The number of aromatic nitrogens is 2. The van der Waals surface area contributed by atoms with Crippen molar-refractivity contribution in [2.45, 2.75) is 26.2 Å². The second-order valence-electron chi connectivity index (χ2n) is 4.68. The van der Waals surface area contributed by atoms with Gasteiger partial charge in [0.15, 0.2) is 0 Å². The highest BCUT2D eigenvalue weighted by Crippen LogP contribution is 2.22. The fraction of sp³-hybridized carbons (Fsp3) is 0.700. The molecule has 74 valence electrons. The molecule has 1 aromatic rings. The van der Waals surface area contributed by atoms with E-state index >= 15 is 0 Å². The van der Waals surface area contributed by atoms with E-state index in [1.54, 1.807) is 0 Å². The Bertz CT molecular complexity index is 292. The summed E-state index contributed by atoms with van der Waals surface area (Å²) in [5.41, 5.74) is 0.114. The van der Waals surface area contributed by atoms with Gasteiger partial charge in [0.2, 0.25) is 0 Å². The molecule has 3 heteroatoms. The minimum Gasteiger partial charge on any atom is -0.361 e. The molecule has 0 aliphatic rings. The molecule has 1 rings (SSSR count). The molecular weight excluding hydrogens is 162 g/mol. The van der Waals surface area contributed by atoms with E-state index in [0.29, 0.717) is 0 Å². The van der Waals surface area contributed by atoms with E-state index in [1.165, 1.54) is 0 Å². The van der Waals surface area contributed by atoms with Crippen LogP contribution in [-0.4, -0.2) is 23.6 Å². The third kappa shape index (κ3) is 2.02. The highest BCUT2D eigenvalue weighted by molar-refractivity contribution is 5.36. The molecule has 13 heavy (non-hydrogen) atoms. The normalized spacial score (nSPS) is 11.8. The summed E-state index contributed by atoms with van der Waals surface area (Å²) < 4.78 is 2.09. The average molecular weight is 181 g/mol. The van der Waals surface area contributed by atoms with E-state index in [4.69, 9.17) is 0 Å². The number of anilines is 1. The van der Waals surface area contributed by atoms with E-state index in [2.05, 4.69) is 36.5 Å². The SMILES string of the molecule is CN(C)c1cn(C)c(C(C)(C)C)n1. The van der Waals surface area contributed by atoms with E-state index in [9.17, 15) is 0 Å². The maximum Gasteiger partial charge on any atom is 0.146 e. The van der Waals surface area contributed by atoms with Gasteiger partial charge < -0.3 is 9.47 Å². The van der Waals surface area contributed by atoms with Gasteiger partial charge in [0, 0.05) is 32.8 Å². The molecule has 0 radical (unpaired) electrons. The van der Waals surface area contributed by atoms with Crippen molar-refractivity contribution in [3.05, 3.63) is 12.0 Å². The second-order valence-corrected chi connectivity index (χ2v) is 4.68. The lowest BCUT2D eigenvalue weighted by Crippen LogP contribution is -2.17. The number of aryl methyl sites for hydroxylation is 1. The number of hydrogen-bond acceptors (Lipinski definition) is 2. The average Bonchev–Trinajstić information content (AvgIpc) is 2.29. The first-order valence-corrected chi connectivity index (χ1v) is 4.53. The quantitative estimate of drug-likeness (QED) is 0.658. The zero-order chi connectivity index (χ0) is 10.2. The van der Waals surface area contributed by atoms with Gasteiger partial charge in [-0.1, -0.05) is 20.8 Å². The lowest BCUT2D eigenvalue weighted by molar-refractivity contribution is 0.522. The van der Waals surface area contributed by atoms with Crippen LogP contribution < -0.4 is 4.90 Å². The molecule has 1 aromatic heterocycles. The van der Waals surface area contributed by atoms with Gasteiger partial charge in [-0.25, -0.2) is 4.98 Å². The fourth-order valence-corrected chi connectivity index (χ4v) is 1.36. The predicted octanol–water partition coefficient (Wildman–Crippen LogP) is 1.78. The summed E-state index contributed by atoms with van der Waals surface area (Å²) in [7, 11) is 6.06. The topological polar surface area (TPSA) is 21.1 Å². The van der Waals surface area contributed by atoms with Crippen LogP contribution in [0.25, 0.3) is 0 Å². The van der Waals surface area contributed by atoms with E-state index < -0.39 is 0 Å². The van der Waals surface area contributed by atoms with Crippen LogP contribution in [0.2, 0.25) is 0 Å².